The predicted molar refractivity (Wildman–Crippen MR) is 73.2 cm³/mol. The van der Waals surface area contributed by atoms with Crippen LogP contribution in [-0.2, 0) is 4.79 Å². The molecule has 0 spiro atoms. The van der Waals surface area contributed by atoms with Crippen LogP contribution in [0.15, 0.2) is 30.3 Å². The second-order valence-electron chi connectivity index (χ2n) is 5.12. The number of carbonyl (C=O) groups excluding carboxylic acids is 1. The molecule has 1 aromatic rings. The molecule has 1 aliphatic carbocycles. The fourth-order valence-corrected chi connectivity index (χ4v) is 2.27. The molecule has 3 nitrogen and oxygen atoms in total. The van der Waals surface area contributed by atoms with Crippen LogP contribution in [0.5, 0.6) is 0 Å². The summed E-state index contributed by atoms with van der Waals surface area (Å²) >= 11 is 0. The lowest BCUT2D eigenvalue weighted by Gasteiger charge is -2.11. The number of rotatable bonds is 6. The molecule has 1 fully saturated rings. The SMILES string of the molecule is CCCCC(N)C(=O)N[C@H]1C[C@@H]1c1ccccc1. The van der Waals surface area contributed by atoms with E-state index in [1.807, 2.05) is 18.2 Å². The Labute approximate surface area is 109 Å². The minimum Gasteiger partial charge on any atom is -0.351 e. The Morgan fingerprint density at radius 3 is 2.83 bits per heavy atom. The smallest absolute Gasteiger partial charge is 0.237 e. The van der Waals surface area contributed by atoms with Crippen LogP contribution in [0.4, 0.5) is 0 Å². The summed E-state index contributed by atoms with van der Waals surface area (Å²) in [4.78, 5) is 11.8. The van der Waals surface area contributed by atoms with Gasteiger partial charge in [-0.3, -0.25) is 4.79 Å². The standard InChI is InChI=1S/C15H22N2O/c1-2-3-9-13(16)15(18)17-14-10-12(14)11-7-5-4-6-8-11/h4-8,12-14H,2-3,9-10,16H2,1H3,(H,17,18)/t12-,13?,14+/m1/s1. The van der Waals surface area contributed by atoms with E-state index in [1.54, 1.807) is 0 Å². The van der Waals surface area contributed by atoms with Gasteiger partial charge < -0.3 is 11.1 Å². The summed E-state index contributed by atoms with van der Waals surface area (Å²) in [6.45, 7) is 2.11. The summed E-state index contributed by atoms with van der Waals surface area (Å²) < 4.78 is 0. The van der Waals surface area contributed by atoms with E-state index in [9.17, 15) is 4.79 Å². The fourth-order valence-electron chi connectivity index (χ4n) is 2.27. The summed E-state index contributed by atoms with van der Waals surface area (Å²) in [7, 11) is 0. The van der Waals surface area contributed by atoms with Crippen molar-refractivity contribution in [3.05, 3.63) is 35.9 Å². The largest absolute Gasteiger partial charge is 0.351 e. The summed E-state index contributed by atoms with van der Waals surface area (Å²) in [6, 6.07) is 10.3. The molecule has 0 aliphatic heterocycles. The molecule has 1 aliphatic rings. The van der Waals surface area contributed by atoms with Gasteiger partial charge in [-0.2, -0.15) is 0 Å². The highest BCUT2D eigenvalue weighted by molar-refractivity contribution is 5.82. The van der Waals surface area contributed by atoms with Crippen LogP contribution in [0.3, 0.4) is 0 Å². The number of unbranched alkanes of at least 4 members (excludes halogenated alkanes) is 1. The summed E-state index contributed by atoms with van der Waals surface area (Å²) in [5.41, 5.74) is 7.16. The number of benzene rings is 1. The van der Waals surface area contributed by atoms with Crippen LogP contribution in [0.25, 0.3) is 0 Å². The van der Waals surface area contributed by atoms with Crippen molar-refractivity contribution < 1.29 is 4.79 Å². The molecule has 18 heavy (non-hydrogen) atoms. The summed E-state index contributed by atoms with van der Waals surface area (Å²) in [5, 5.41) is 3.05. The maximum atomic E-state index is 11.8. The van der Waals surface area contributed by atoms with E-state index in [1.165, 1.54) is 5.56 Å². The third-order valence-corrected chi connectivity index (χ3v) is 3.55. The van der Waals surface area contributed by atoms with Crippen molar-refractivity contribution >= 4 is 5.91 Å². The molecule has 0 heterocycles. The second kappa shape index (κ2) is 6.01. The zero-order chi connectivity index (χ0) is 13.0. The van der Waals surface area contributed by atoms with Crippen molar-refractivity contribution in [2.24, 2.45) is 5.73 Å². The number of hydrogen-bond donors (Lipinski definition) is 2. The lowest BCUT2D eigenvalue weighted by molar-refractivity contribution is -0.122. The van der Waals surface area contributed by atoms with Gasteiger partial charge in [0.25, 0.3) is 0 Å². The normalized spacial score (nSPS) is 23.4. The number of nitrogens with one attached hydrogen (secondary N) is 1. The highest BCUT2D eigenvalue weighted by atomic mass is 16.2. The van der Waals surface area contributed by atoms with Crippen molar-refractivity contribution in [3.63, 3.8) is 0 Å². The molecule has 1 amide bonds. The second-order valence-corrected chi connectivity index (χ2v) is 5.12. The number of amides is 1. The Morgan fingerprint density at radius 1 is 1.44 bits per heavy atom. The van der Waals surface area contributed by atoms with Crippen LogP contribution >= 0.6 is 0 Å². The number of hydrogen-bond acceptors (Lipinski definition) is 2. The Morgan fingerprint density at radius 2 is 2.17 bits per heavy atom. The molecule has 0 aromatic heterocycles. The number of nitrogens with two attached hydrogens (primary N) is 1. The van der Waals surface area contributed by atoms with E-state index in [0.717, 1.165) is 25.7 Å². The monoisotopic (exact) mass is 246 g/mol. The molecule has 0 bridgehead atoms. The third-order valence-electron chi connectivity index (χ3n) is 3.55. The molecule has 3 atom stereocenters. The lowest BCUT2D eigenvalue weighted by atomic mass is 10.1. The van der Waals surface area contributed by atoms with Gasteiger partial charge in [0.1, 0.15) is 0 Å². The van der Waals surface area contributed by atoms with Crippen molar-refractivity contribution in [1.29, 1.82) is 0 Å². The highest BCUT2D eigenvalue weighted by Crippen LogP contribution is 2.40. The summed E-state index contributed by atoms with van der Waals surface area (Å²) in [6.07, 6.45) is 3.92. The van der Waals surface area contributed by atoms with Gasteiger partial charge in [0.15, 0.2) is 0 Å². The van der Waals surface area contributed by atoms with Gasteiger partial charge >= 0.3 is 0 Å². The topological polar surface area (TPSA) is 55.1 Å². The average molecular weight is 246 g/mol. The van der Waals surface area contributed by atoms with E-state index in [0.29, 0.717) is 5.92 Å². The molecule has 3 N–H and O–H groups in total. The van der Waals surface area contributed by atoms with E-state index in [4.69, 9.17) is 5.73 Å². The molecule has 0 radical (unpaired) electrons. The molecular weight excluding hydrogens is 224 g/mol. The van der Waals surface area contributed by atoms with Gasteiger partial charge in [-0.25, -0.2) is 0 Å². The molecule has 1 aromatic carbocycles. The third kappa shape index (κ3) is 3.33. The Balaban J connectivity index is 1.77. The Hall–Kier alpha value is -1.35. The lowest BCUT2D eigenvalue weighted by Crippen LogP contribution is -2.41. The molecule has 98 valence electrons. The minimum atomic E-state index is -0.345. The first kappa shape index (κ1) is 13.1. The van der Waals surface area contributed by atoms with Crippen molar-refractivity contribution in [2.75, 3.05) is 0 Å². The van der Waals surface area contributed by atoms with Gasteiger partial charge in [0.2, 0.25) is 5.91 Å². The molecule has 2 rings (SSSR count). The quantitative estimate of drug-likeness (QED) is 0.808. The Bertz CT molecular complexity index is 391. The van der Waals surface area contributed by atoms with E-state index < -0.39 is 0 Å². The maximum Gasteiger partial charge on any atom is 0.237 e. The predicted octanol–water partition coefficient (Wildman–Crippen LogP) is 2.18. The average Bonchev–Trinajstić information content (AvgIpc) is 3.16. The van der Waals surface area contributed by atoms with Crippen LogP contribution in [0, 0.1) is 0 Å². The van der Waals surface area contributed by atoms with Gasteiger partial charge in [-0.15, -0.1) is 0 Å². The van der Waals surface area contributed by atoms with Crippen molar-refractivity contribution in [2.45, 2.75) is 50.6 Å². The first-order chi connectivity index (χ1) is 8.72. The first-order valence-corrected chi connectivity index (χ1v) is 6.83. The number of carbonyl (C=O) groups is 1. The molecule has 3 heteroatoms. The zero-order valence-electron chi connectivity index (χ0n) is 10.9. The van der Waals surface area contributed by atoms with Crippen molar-refractivity contribution in [3.8, 4) is 0 Å². The minimum absolute atomic E-state index is 0.00637. The van der Waals surface area contributed by atoms with Gasteiger partial charge in [-0.05, 0) is 18.4 Å². The van der Waals surface area contributed by atoms with E-state index in [-0.39, 0.29) is 18.0 Å². The van der Waals surface area contributed by atoms with Crippen LogP contribution < -0.4 is 11.1 Å². The van der Waals surface area contributed by atoms with Crippen molar-refractivity contribution in [1.82, 2.24) is 5.32 Å². The fraction of sp³-hybridized carbons (Fsp3) is 0.533. The molecule has 0 saturated heterocycles. The van der Waals surface area contributed by atoms with Gasteiger partial charge in [0, 0.05) is 12.0 Å². The highest BCUT2D eigenvalue weighted by Gasteiger charge is 2.39. The first-order valence-electron chi connectivity index (χ1n) is 6.83. The zero-order valence-corrected chi connectivity index (χ0v) is 10.9. The van der Waals surface area contributed by atoms with Crippen LogP contribution in [-0.4, -0.2) is 18.0 Å². The maximum absolute atomic E-state index is 11.8. The van der Waals surface area contributed by atoms with Gasteiger partial charge in [-0.1, -0.05) is 50.1 Å². The molecule has 1 saturated carbocycles. The van der Waals surface area contributed by atoms with Gasteiger partial charge in [0.05, 0.1) is 6.04 Å². The molecular formula is C15H22N2O. The van der Waals surface area contributed by atoms with Crippen LogP contribution in [0.2, 0.25) is 0 Å². The van der Waals surface area contributed by atoms with E-state index >= 15 is 0 Å². The Kier molecular flexibility index (Phi) is 4.37. The van der Waals surface area contributed by atoms with Crippen LogP contribution in [0.1, 0.15) is 44.1 Å². The van der Waals surface area contributed by atoms with E-state index in [2.05, 4.69) is 24.4 Å². The molecule has 1 unspecified atom stereocenters. The summed E-state index contributed by atoms with van der Waals surface area (Å²) in [5.74, 6) is 0.486.